The maximum atomic E-state index is 16.0. The minimum Gasteiger partial charge on any atom is -0.382 e. The van der Waals surface area contributed by atoms with E-state index in [1.807, 2.05) is 4.57 Å². The summed E-state index contributed by atoms with van der Waals surface area (Å²) < 4.78 is 71.7. The lowest BCUT2D eigenvalue weighted by atomic mass is 9.81. The van der Waals surface area contributed by atoms with E-state index in [0.29, 0.717) is 29.8 Å². The van der Waals surface area contributed by atoms with Gasteiger partial charge in [0.05, 0.1) is 25.9 Å². The Morgan fingerprint density at radius 2 is 1.51 bits per heavy atom. The van der Waals surface area contributed by atoms with E-state index in [-0.39, 0.29) is 35.5 Å². The van der Waals surface area contributed by atoms with Crippen molar-refractivity contribution < 1.29 is 36.4 Å². The summed E-state index contributed by atoms with van der Waals surface area (Å²) in [5.41, 5.74) is 13.3. The lowest BCUT2D eigenvalue weighted by Crippen LogP contribution is -2.34. The first-order valence-electron chi connectivity index (χ1n) is 12.8. The molecule has 22 heteroatoms. The van der Waals surface area contributed by atoms with E-state index in [0.717, 1.165) is 7.11 Å². The second-order valence-corrected chi connectivity index (χ2v) is 15.9. The highest BCUT2D eigenvalue weighted by atomic mass is 32.7. The van der Waals surface area contributed by atoms with E-state index in [1.165, 1.54) is 23.5 Å². The van der Waals surface area contributed by atoms with Gasteiger partial charge < -0.3 is 29.8 Å². The monoisotopic (exact) mass is 676 g/mol. The van der Waals surface area contributed by atoms with Gasteiger partial charge in [0.1, 0.15) is 35.9 Å². The molecule has 17 nitrogen and oxygen atoms in total. The van der Waals surface area contributed by atoms with Crippen molar-refractivity contribution in [2.45, 2.75) is 43.5 Å². The summed E-state index contributed by atoms with van der Waals surface area (Å²) in [4.78, 5) is 24.6. The summed E-state index contributed by atoms with van der Waals surface area (Å²) in [6, 6.07) is 0.0782. The van der Waals surface area contributed by atoms with Gasteiger partial charge in [0.25, 0.3) is 0 Å². The summed E-state index contributed by atoms with van der Waals surface area (Å²) in [6.07, 6.45) is 0.802. The zero-order valence-corrected chi connectivity index (χ0v) is 25.9. The quantitative estimate of drug-likeness (QED) is 0.132. The maximum Gasteiger partial charge on any atom is 0.386 e. The summed E-state index contributed by atoms with van der Waals surface area (Å²) in [5.74, 6) is 0.394. The standard InChI is InChI=1S/C21H27FN10O7P2S2/c1-35-40(33,42)37-5-12-16(13(22)21(38-12)32-9-30-15-18(24)26-7-28-20(15)32)39-41(34,43)36-4-10-2-11(3-10)31-8-29-14-17(23)25-6-27-19(14)31/h6-13,16,21H,2-5H2,1H3,(H,33,42)(H,34,43)(H2,23,25,27)(H2,24,26,28)/t10-,11+,12-,13+,16-,21-,40?,41?/m1/s1. The molecule has 4 aromatic heterocycles. The number of hydrogen-bond acceptors (Lipinski definition) is 15. The van der Waals surface area contributed by atoms with Crippen LogP contribution in [0.15, 0.2) is 25.3 Å². The molecule has 1 aliphatic heterocycles. The van der Waals surface area contributed by atoms with Crippen LogP contribution < -0.4 is 11.5 Å². The van der Waals surface area contributed by atoms with Gasteiger partial charge in [0.2, 0.25) is 0 Å². The predicted octanol–water partition coefficient (Wildman–Crippen LogP) is 3.16. The van der Waals surface area contributed by atoms with Crippen LogP contribution in [0.2, 0.25) is 0 Å². The zero-order chi connectivity index (χ0) is 30.5. The van der Waals surface area contributed by atoms with Gasteiger partial charge in [-0.15, -0.1) is 0 Å². The molecule has 2 fully saturated rings. The van der Waals surface area contributed by atoms with Crippen molar-refractivity contribution in [1.82, 2.24) is 39.0 Å². The van der Waals surface area contributed by atoms with E-state index in [2.05, 4.69) is 54.4 Å². The number of aromatic nitrogens is 8. The molecular weight excluding hydrogens is 649 g/mol. The van der Waals surface area contributed by atoms with Gasteiger partial charge in [0.15, 0.2) is 35.3 Å². The molecule has 4 N–H and O–H groups in total. The fourth-order valence-corrected chi connectivity index (χ4v) is 7.23. The number of rotatable bonds is 11. The predicted molar refractivity (Wildman–Crippen MR) is 157 cm³/mol. The van der Waals surface area contributed by atoms with Crippen LogP contribution in [0.25, 0.3) is 22.3 Å². The van der Waals surface area contributed by atoms with Crippen LogP contribution in [0.5, 0.6) is 0 Å². The van der Waals surface area contributed by atoms with Crippen molar-refractivity contribution in [3.05, 3.63) is 25.3 Å². The Morgan fingerprint density at radius 1 is 0.930 bits per heavy atom. The van der Waals surface area contributed by atoms with Gasteiger partial charge in [-0.1, -0.05) is 24.5 Å². The molecule has 0 amide bonds. The van der Waals surface area contributed by atoms with Crippen LogP contribution >= 0.6 is 38.1 Å². The summed E-state index contributed by atoms with van der Waals surface area (Å²) in [5, 5.41) is 0. The van der Waals surface area contributed by atoms with Gasteiger partial charge in [-0.2, -0.15) is 0 Å². The molecule has 0 bridgehead atoms. The Bertz CT molecular complexity index is 1740. The number of nitrogens with two attached hydrogens (primary N) is 2. The Labute approximate surface area is 253 Å². The molecular formula is C21H27FN10O7P2S2. The molecule has 5 heterocycles. The second-order valence-electron chi connectivity index (χ2n) is 9.95. The number of fused-ring (bicyclic) bond motifs is 2. The van der Waals surface area contributed by atoms with Crippen molar-refractivity contribution in [2.24, 2.45) is 5.92 Å². The van der Waals surface area contributed by atoms with Crippen LogP contribution in [0.4, 0.5) is 16.0 Å². The highest BCUT2D eigenvalue weighted by Crippen LogP contribution is 2.58. The zero-order valence-electron chi connectivity index (χ0n) is 22.4. The number of alkyl halides is 1. The number of nitrogen functional groups attached to an aromatic ring is 2. The normalized spacial score (nSPS) is 28.6. The first-order valence-corrected chi connectivity index (χ1v) is 18.2. The topological polar surface area (TPSA) is 220 Å². The molecule has 0 spiro atoms. The van der Waals surface area contributed by atoms with Crippen molar-refractivity contribution >= 4 is 72.1 Å². The Hall–Kier alpha value is -2.41. The fraction of sp³-hybridized carbons (Fsp3) is 0.524. The van der Waals surface area contributed by atoms with Crippen LogP contribution in [0.1, 0.15) is 25.1 Å². The van der Waals surface area contributed by atoms with Crippen LogP contribution in [0, 0.1) is 5.92 Å². The molecule has 2 aliphatic rings. The summed E-state index contributed by atoms with van der Waals surface area (Å²) in [7, 11) is 1.14. The number of imidazole rings is 2. The average Bonchev–Trinajstić information content (AvgIpc) is 3.64. The Kier molecular flexibility index (Phi) is 8.42. The third-order valence-electron chi connectivity index (χ3n) is 7.28. The summed E-state index contributed by atoms with van der Waals surface area (Å²) >= 11 is 7.92. The number of nitrogens with zero attached hydrogens (tertiary/aromatic N) is 8. The highest BCUT2D eigenvalue weighted by molar-refractivity contribution is 8.44. The van der Waals surface area contributed by atoms with Crippen LogP contribution in [0.3, 0.4) is 0 Å². The number of thiol groups is 2. The van der Waals surface area contributed by atoms with Gasteiger partial charge in [0, 0.05) is 13.2 Å². The van der Waals surface area contributed by atoms with Gasteiger partial charge >= 0.3 is 13.6 Å². The Balaban J connectivity index is 1.12. The molecule has 1 aliphatic carbocycles. The number of ether oxygens (including phenoxy) is 1. The molecule has 1 saturated carbocycles. The van der Waals surface area contributed by atoms with Gasteiger partial charge in [-0.05, 0) is 18.8 Å². The Morgan fingerprint density at radius 3 is 2.14 bits per heavy atom. The van der Waals surface area contributed by atoms with Crippen LogP contribution in [-0.2, 0) is 32.0 Å². The van der Waals surface area contributed by atoms with Crippen molar-refractivity contribution in [3.63, 3.8) is 0 Å². The van der Waals surface area contributed by atoms with E-state index in [1.54, 1.807) is 6.33 Å². The third-order valence-corrected chi connectivity index (χ3v) is 10.7. The van der Waals surface area contributed by atoms with E-state index in [4.69, 9.17) is 34.3 Å². The smallest absolute Gasteiger partial charge is 0.382 e. The molecule has 232 valence electrons. The minimum absolute atomic E-state index is 0.0119. The number of hydrogen-bond donors (Lipinski definition) is 4. The first-order chi connectivity index (χ1) is 20.5. The largest absolute Gasteiger partial charge is 0.386 e. The maximum absolute atomic E-state index is 16.0. The third kappa shape index (κ3) is 6.12. The van der Waals surface area contributed by atoms with E-state index >= 15 is 4.39 Å². The first kappa shape index (κ1) is 30.6. The molecule has 6 rings (SSSR count). The average molecular weight is 677 g/mol. The minimum atomic E-state index is -4.13. The van der Waals surface area contributed by atoms with E-state index < -0.39 is 44.8 Å². The van der Waals surface area contributed by atoms with Crippen LogP contribution in [-0.4, -0.2) is 77.7 Å². The second kappa shape index (κ2) is 11.8. The molecule has 4 aromatic rings. The highest BCUT2D eigenvalue weighted by Gasteiger charge is 2.51. The fourth-order valence-electron chi connectivity index (χ4n) is 5.04. The van der Waals surface area contributed by atoms with Gasteiger partial charge in [-0.25, -0.2) is 43.4 Å². The van der Waals surface area contributed by atoms with Crippen molar-refractivity contribution in [2.75, 3.05) is 31.8 Å². The molecule has 0 aromatic carbocycles. The van der Waals surface area contributed by atoms with Crippen molar-refractivity contribution in [3.8, 4) is 0 Å². The molecule has 43 heavy (non-hydrogen) atoms. The summed E-state index contributed by atoms with van der Waals surface area (Å²) in [6.45, 7) is -8.36. The molecule has 6 atom stereocenters. The molecule has 2 unspecified atom stereocenters. The van der Waals surface area contributed by atoms with Crippen molar-refractivity contribution in [1.29, 1.82) is 0 Å². The SMILES string of the molecule is COP(=O)(S)OC[C@H]1O[C@@H](n2cnc3c(N)ncnc32)[C@@H](F)[C@@H]1OP(=O)(S)OC[C@H]1C[C@@H](n2cnc3c(N)ncnc32)C1. The lowest BCUT2D eigenvalue weighted by Gasteiger charge is -2.36. The number of halogens is 1. The van der Waals surface area contributed by atoms with E-state index in [9.17, 15) is 9.13 Å². The molecule has 0 radical (unpaired) electrons. The lowest BCUT2D eigenvalue weighted by molar-refractivity contribution is -0.0407. The number of anilines is 2. The van der Waals surface area contributed by atoms with Gasteiger partial charge in [-0.3, -0.25) is 13.6 Å². The molecule has 1 saturated heterocycles.